The maximum atomic E-state index is 12.7. The fraction of sp³-hybridized carbons (Fsp3) is 0.333. The minimum absolute atomic E-state index is 0. The van der Waals surface area contributed by atoms with E-state index in [0.29, 0.717) is 22.3 Å². The highest BCUT2D eigenvalue weighted by Gasteiger charge is 2.21. The molecule has 13 heteroatoms. The van der Waals surface area contributed by atoms with E-state index in [9.17, 15) is 36.4 Å². The first-order valence-corrected chi connectivity index (χ1v) is 16.3. The number of halogens is 3. The Balaban J connectivity index is 0.000000716. The molecule has 0 fully saturated rings. The highest BCUT2D eigenvalue weighted by Crippen LogP contribution is 2.24. The molecular formula is C36H43ClF2O9S. The van der Waals surface area contributed by atoms with Gasteiger partial charge >= 0.3 is 11.9 Å². The van der Waals surface area contributed by atoms with Crippen molar-refractivity contribution >= 4 is 44.7 Å². The van der Waals surface area contributed by atoms with E-state index in [0.717, 1.165) is 16.7 Å². The van der Waals surface area contributed by atoms with Crippen molar-refractivity contribution in [1.29, 1.82) is 0 Å². The van der Waals surface area contributed by atoms with Crippen LogP contribution in [0.1, 0.15) is 96.9 Å². The molecular weight excluding hydrogens is 682 g/mol. The molecule has 9 nitrogen and oxygen atoms in total. The molecule has 0 aliphatic carbocycles. The van der Waals surface area contributed by atoms with Gasteiger partial charge in [0.15, 0.2) is 5.78 Å². The van der Waals surface area contributed by atoms with Crippen LogP contribution in [-0.4, -0.2) is 52.2 Å². The number of carbonyl (C=O) groups excluding carboxylic acids is 4. The summed E-state index contributed by atoms with van der Waals surface area (Å²) in [6, 6.07) is 12.7. The van der Waals surface area contributed by atoms with Crippen LogP contribution in [0, 0.1) is 34.6 Å². The summed E-state index contributed by atoms with van der Waals surface area (Å²) in [5, 5.41) is -0.572. The Morgan fingerprint density at radius 1 is 0.694 bits per heavy atom. The first-order valence-electron chi connectivity index (χ1n) is 14.5. The third-order valence-corrected chi connectivity index (χ3v) is 8.45. The number of carbonyl (C=O) groups is 4. The highest BCUT2D eigenvalue weighted by atomic mass is 35.5. The van der Waals surface area contributed by atoms with Crippen LogP contribution >= 0.6 is 11.6 Å². The summed E-state index contributed by atoms with van der Waals surface area (Å²) < 4.78 is 62.0. The van der Waals surface area contributed by atoms with Gasteiger partial charge in [-0.1, -0.05) is 44.2 Å². The SMILES string of the molecule is C.CCC(C(=O)c1cc(C(=O)OC)c(C)cc1C)=C(F)F.CCOS(=O)(=O)c1ccc(C)cc1.COC(=O)c1cc(C(=O)Cl)c(C)cc1C. The van der Waals surface area contributed by atoms with Crippen molar-refractivity contribution in [3.8, 4) is 0 Å². The second-order valence-electron chi connectivity index (χ2n) is 10.3. The zero-order valence-electron chi connectivity index (χ0n) is 28.2. The lowest BCUT2D eigenvalue weighted by molar-refractivity contribution is 0.0590. The average Bonchev–Trinajstić information content (AvgIpc) is 3.01. The number of benzene rings is 3. The van der Waals surface area contributed by atoms with E-state index >= 15 is 0 Å². The normalized spacial score (nSPS) is 10.2. The molecule has 0 spiro atoms. The number of rotatable bonds is 9. The maximum absolute atomic E-state index is 12.7. The molecule has 3 aromatic carbocycles. The van der Waals surface area contributed by atoms with Crippen molar-refractivity contribution in [1.82, 2.24) is 0 Å². The zero-order chi connectivity index (χ0) is 36.9. The van der Waals surface area contributed by atoms with Gasteiger partial charge in [-0.25, -0.2) is 9.59 Å². The Morgan fingerprint density at radius 3 is 1.47 bits per heavy atom. The van der Waals surface area contributed by atoms with Crippen molar-refractivity contribution < 1.29 is 50.0 Å². The Bertz CT molecular complexity index is 1800. The summed E-state index contributed by atoms with van der Waals surface area (Å²) in [7, 11) is -1.01. The van der Waals surface area contributed by atoms with Crippen molar-refractivity contribution in [2.75, 3.05) is 20.8 Å². The molecule has 0 aromatic heterocycles. The predicted molar refractivity (Wildman–Crippen MR) is 185 cm³/mol. The lowest BCUT2D eigenvalue weighted by atomic mass is 9.93. The van der Waals surface area contributed by atoms with Gasteiger partial charge in [-0.05, 0) is 106 Å². The van der Waals surface area contributed by atoms with Crippen LogP contribution in [0.15, 0.2) is 65.1 Å². The molecule has 0 bridgehead atoms. The smallest absolute Gasteiger partial charge is 0.338 e. The van der Waals surface area contributed by atoms with Crippen molar-refractivity contribution in [3.05, 3.63) is 110 Å². The molecule has 0 unspecified atom stereocenters. The molecule has 0 aliphatic rings. The van der Waals surface area contributed by atoms with E-state index in [1.54, 1.807) is 71.0 Å². The van der Waals surface area contributed by atoms with Gasteiger partial charge in [0, 0.05) is 11.1 Å². The topological polar surface area (TPSA) is 130 Å². The van der Waals surface area contributed by atoms with Gasteiger partial charge < -0.3 is 9.47 Å². The molecule has 0 saturated carbocycles. The summed E-state index contributed by atoms with van der Waals surface area (Å²) >= 11 is 5.39. The summed E-state index contributed by atoms with van der Waals surface area (Å²) in [6.07, 6.45) is -2.06. The van der Waals surface area contributed by atoms with Crippen molar-refractivity contribution in [2.45, 2.75) is 67.2 Å². The third-order valence-electron chi connectivity index (χ3n) is 6.85. The van der Waals surface area contributed by atoms with E-state index in [1.165, 1.54) is 33.3 Å². The van der Waals surface area contributed by atoms with Gasteiger partial charge in [-0.3, -0.25) is 13.8 Å². The fourth-order valence-electron chi connectivity index (χ4n) is 4.29. The van der Waals surface area contributed by atoms with Crippen LogP contribution in [0.4, 0.5) is 8.78 Å². The zero-order valence-corrected chi connectivity index (χ0v) is 29.8. The Morgan fingerprint density at radius 2 is 1.10 bits per heavy atom. The van der Waals surface area contributed by atoms with Crippen LogP contribution in [0.3, 0.4) is 0 Å². The van der Waals surface area contributed by atoms with Gasteiger partial charge in [-0.2, -0.15) is 17.2 Å². The van der Waals surface area contributed by atoms with E-state index in [4.69, 9.17) is 11.6 Å². The number of methoxy groups -OCH3 is 2. The fourth-order valence-corrected chi connectivity index (χ4v) is 5.41. The molecule has 0 N–H and O–H groups in total. The molecule has 3 aromatic rings. The lowest BCUT2D eigenvalue weighted by Crippen LogP contribution is -2.11. The van der Waals surface area contributed by atoms with Crippen LogP contribution in [0.5, 0.6) is 0 Å². The molecule has 49 heavy (non-hydrogen) atoms. The molecule has 0 atom stereocenters. The van der Waals surface area contributed by atoms with Crippen molar-refractivity contribution in [2.24, 2.45) is 0 Å². The minimum atomic E-state index is -3.53. The number of hydrogen-bond donors (Lipinski definition) is 0. The molecule has 0 radical (unpaired) electrons. The monoisotopic (exact) mass is 724 g/mol. The van der Waals surface area contributed by atoms with E-state index < -0.39 is 44.7 Å². The largest absolute Gasteiger partial charge is 0.465 e. The summed E-state index contributed by atoms with van der Waals surface area (Å²) in [4.78, 5) is 46.3. The number of Topliss-reactive ketones (excluding diaryl/α,β-unsaturated/α-hetero) is 1. The van der Waals surface area contributed by atoms with Gasteiger partial charge in [-0.15, -0.1) is 0 Å². The predicted octanol–water partition coefficient (Wildman–Crippen LogP) is 8.66. The first kappa shape index (κ1) is 44.7. The standard InChI is InChI=1S/C15H16F2O3.C11H11ClO3.C9H12O3S.CH4/c1-5-10(14(16)17)13(18)11-7-12(15(19)20-4)9(3)6-8(11)2;1-6-4-7(2)9(11(14)15-3)5-8(6)10(12)13;1-3-12-13(10,11)9-6-4-8(2)5-7-9;/h6-7H,5H2,1-4H3;4-5H,1-3H3;4-7H,3H2,1-2H3;1H4. The van der Waals surface area contributed by atoms with Gasteiger partial charge in [0.05, 0.1) is 42.4 Å². The third kappa shape index (κ3) is 12.6. The Hall–Kier alpha value is -4.26. The van der Waals surface area contributed by atoms with E-state index in [2.05, 4.69) is 13.7 Å². The summed E-state index contributed by atoms with van der Waals surface area (Å²) in [6.45, 7) is 12.1. The molecule has 0 heterocycles. The average molecular weight is 725 g/mol. The van der Waals surface area contributed by atoms with Crippen LogP contribution in [0.2, 0.25) is 0 Å². The molecule has 268 valence electrons. The van der Waals surface area contributed by atoms with E-state index in [1.807, 2.05) is 6.92 Å². The number of allylic oxidation sites excluding steroid dienone is 1. The van der Waals surface area contributed by atoms with Crippen LogP contribution in [-0.2, 0) is 23.8 Å². The quantitative estimate of drug-likeness (QED) is 0.0700. The first-order chi connectivity index (χ1) is 22.4. The van der Waals surface area contributed by atoms with Crippen LogP contribution in [0.25, 0.3) is 0 Å². The lowest BCUT2D eigenvalue weighted by Gasteiger charge is -2.11. The molecule has 0 aliphatic heterocycles. The second-order valence-corrected chi connectivity index (χ2v) is 12.3. The number of esters is 2. The number of aryl methyl sites for hydroxylation is 5. The maximum Gasteiger partial charge on any atom is 0.338 e. The Kier molecular flexibility index (Phi) is 18.5. The summed E-state index contributed by atoms with van der Waals surface area (Å²) in [5.41, 5.74) is 4.19. The van der Waals surface area contributed by atoms with Crippen LogP contribution < -0.4 is 0 Å². The van der Waals surface area contributed by atoms with Gasteiger partial charge in [0.1, 0.15) is 0 Å². The van der Waals surface area contributed by atoms with Gasteiger partial charge in [0.25, 0.3) is 21.4 Å². The molecule has 3 rings (SSSR count). The van der Waals surface area contributed by atoms with Gasteiger partial charge in [0.2, 0.25) is 0 Å². The van der Waals surface area contributed by atoms with E-state index in [-0.39, 0.29) is 36.5 Å². The number of ether oxygens (including phenoxy) is 2. The van der Waals surface area contributed by atoms with Crippen molar-refractivity contribution in [3.63, 3.8) is 0 Å². The highest BCUT2D eigenvalue weighted by molar-refractivity contribution is 7.86. The minimum Gasteiger partial charge on any atom is -0.465 e. The number of hydrogen-bond acceptors (Lipinski definition) is 9. The second kappa shape index (κ2) is 20.3. The number of ketones is 1. The summed E-state index contributed by atoms with van der Waals surface area (Å²) in [5.74, 6) is -1.82. The molecule has 0 saturated heterocycles. The molecule has 0 amide bonds. The Labute approximate surface area is 292 Å².